The minimum absolute atomic E-state index is 0.0490. The van der Waals surface area contributed by atoms with Gasteiger partial charge in [0.25, 0.3) is 0 Å². The average Bonchev–Trinajstić information content (AvgIpc) is 2.46. The van der Waals surface area contributed by atoms with Gasteiger partial charge in [-0.1, -0.05) is 0 Å². The molecule has 1 heterocycles. The smallest absolute Gasteiger partial charge is 0.246 e. The van der Waals surface area contributed by atoms with E-state index in [1.165, 1.54) is 19.3 Å². The highest BCUT2D eigenvalue weighted by molar-refractivity contribution is 5.92. The number of phenols is 1. The summed E-state index contributed by atoms with van der Waals surface area (Å²) in [6.45, 7) is 1.39. The Labute approximate surface area is 118 Å². The molecule has 108 valence electrons. The number of methoxy groups -OCH3 is 1. The Balaban J connectivity index is 2.00. The van der Waals surface area contributed by atoms with Crippen LogP contribution in [0.2, 0.25) is 0 Å². The van der Waals surface area contributed by atoms with E-state index in [0.29, 0.717) is 24.4 Å². The number of rotatable bonds is 3. The Bertz CT molecular complexity index is 506. The molecule has 20 heavy (non-hydrogen) atoms. The molecule has 1 aliphatic heterocycles. The second-order valence-electron chi connectivity index (χ2n) is 4.92. The molecule has 1 saturated heterocycles. The highest BCUT2D eigenvalue weighted by Crippen LogP contribution is 2.24. The summed E-state index contributed by atoms with van der Waals surface area (Å²) in [7, 11) is 1.54. The van der Waals surface area contributed by atoms with E-state index in [0.717, 1.165) is 12.8 Å². The predicted octanol–water partition coefficient (Wildman–Crippen LogP) is 1.36. The van der Waals surface area contributed by atoms with E-state index >= 15 is 0 Å². The number of hydrogen-bond donors (Lipinski definition) is 2. The third-order valence-corrected chi connectivity index (χ3v) is 3.49. The number of hydrogen-bond acceptors (Lipinski definition) is 4. The molecule has 0 spiro atoms. The van der Waals surface area contributed by atoms with Crippen LogP contribution in [0, 0.1) is 0 Å². The van der Waals surface area contributed by atoms with Crippen molar-refractivity contribution in [1.82, 2.24) is 4.90 Å². The molecule has 2 rings (SSSR count). The van der Waals surface area contributed by atoms with Crippen LogP contribution in [0.25, 0.3) is 6.08 Å². The Morgan fingerprint density at radius 1 is 1.45 bits per heavy atom. The van der Waals surface area contributed by atoms with Crippen LogP contribution in [0.4, 0.5) is 0 Å². The molecule has 5 nitrogen and oxygen atoms in total. The van der Waals surface area contributed by atoms with Gasteiger partial charge in [-0.25, -0.2) is 0 Å². The van der Waals surface area contributed by atoms with Gasteiger partial charge >= 0.3 is 0 Å². The normalized spacial score (nSPS) is 16.6. The van der Waals surface area contributed by atoms with Crippen LogP contribution < -0.4 is 10.5 Å². The van der Waals surface area contributed by atoms with Gasteiger partial charge < -0.3 is 20.5 Å². The summed E-state index contributed by atoms with van der Waals surface area (Å²) >= 11 is 0. The van der Waals surface area contributed by atoms with Crippen molar-refractivity contribution < 1.29 is 14.6 Å². The van der Waals surface area contributed by atoms with Crippen LogP contribution in [-0.2, 0) is 4.79 Å². The van der Waals surface area contributed by atoms with Crippen LogP contribution in [0.1, 0.15) is 18.4 Å². The summed E-state index contributed by atoms with van der Waals surface area (Å²) in [5, 5.41) is 9.81. The zero-order valence-electron chi connectivity index (χ0n) is 11.6. The monoisotopic (exact) mass is 276 g/mol. The average molecular weight is 276 g/mol. The van der Waals surface area contributed by atoms with Gasteiger partial charge in [-0.3, -0.25) is 4.79 Å². The van der Waals surface area contributed by atoms with E-state index in [2.05, 4.69) is 0 Å². The summed E-state index contributed by atoms with van der Waals surface area (Å²) in [4.78, 5) is 13.8. The van der Waals surface area contributed by atoms with Gasteiger partial charge in [-0.2, -0.15) is 0 Å². The van der Waals surface area contributed by atoms with Crippen LogP contribution in [-0.4, -0.2) is 42.2 Å². The molecule has 5 heteroatoms. The summed E-state index contributed by atoms with van der Waals surface area (Å²) in [5.41, 5.74) is 6.40. The van der Waals surface area contributed by atoms with Gasteiger partial charge in [0.15, 0.2) is 0 Å². The lowest BCUT2D eigenvalue weighted by molar-refractivity contribution is -0.126. The fourth-order valence-electron chi connectivity index (χ4n) is 2.18. The molecule has 1 fully saturated rings. The topological polar surface area (TPSA) is 75.8 Å². The van der Waals surface area contributed by atoms with Crippen molar-refractivity contribution in [2.24, 2.45) is 5.73 Å². The van der Waals surface area contributed by atoms with Crippen LogP contribution in [0.15, 0.2) is 24.3 Å². The van der Waals surface area contributed by atoms with E-state index in [1.54, 1.807) is 23.1 Å². The SMILES string of the molecule is COc1ccc(C=CC(=O)N2CCC(N)CC2)c(O)c1. The van der Waals surface area contributed by atoms with Crippen molar-refractivity contribution in [1.29, 1.82) is 0 Å². The number of benzene rings is 1. The summed E-state index contributed by atoms with van der Waals surface area (Å²) in [5.74, 6) is 0.622. The lowest BCUT2D eigenvalue weighted by atomic mass is 10.1. The van der Waals surface area contributed by atoms with Gasteiger partial charge in [-0.05, 0) is 31.1 Å². The van der Waals surface area contributed by atoms with E-state index in [9.17, 15) is 9.90 Å². The molecule has 1 aromatic rings. The second kappa shape index (κ2) is 6.43. The van der Waals surface area contributed by atoms with Crippen LogP contribution in [0.3, 0.4) is 0 Å². The fraction of sp³-hybridized carbons (Fsp3) is 0.400. The molecule has 0 saturated carbocycles. The summed E-state index contributed by atoms with van der Waals surface area (Å²) in [6, 6.07) is 5.17. The highest BCUT2D eigenvalue weighted by Gasteiger charge is 2.18. The Morgan fingerprint density at radius 2 is 2.15 bits per heavy atom. The van der Waals surface area contributed by atoms with Gasteiger partial charge in [0, 0.05) is 36.8 Å². The molecule has 0 aliphatic carbocycles. The maximum atomic E-state index is 12.0. The van der Waals surface area contributed by atoms with Crippen molar-refractivity contribution in [2.45, 2.75) is 18.9 Å². The first-order valence-corrected chi connectivity index (χ1v) is 6.69. The first-order chi connectivity index (χ1) is 9.60. The highest BCUT2D eigenvalue weighted by atomic mass is 16.5. The quantitative estimate of drug-likeness (QED) is 0.817. The van der Waals surface area contributed by atoms with Crippen LogP contribution in [0.5, 0.6) is 11.5 Å². The maximum absolute atomic E-state index is 12.0. The number of carbonyl (C=O) groups excluding carboxylic acids is 1. The minimum Gasteiger partial charge on any atom is -0.507 e. The summed E-state index contributed by atoms with van der Waals surface area (Å²) < 4.78 is 5.01. The van der Waals surface area contributed by atoms with Crippen molar-refractivity contribution >= 4 is 12.0 Å². The molecule has 0 atom stereocenters. The lowest BCUT2D eigenvalue weighted by Crippen LogP contribution is -2.42. The molecule has 1 aromatic carbocycles. The first kappa shape index (κ1) is 14.4. The van der Waals surface area contributed by atoms with Gasteiger partial charge in [0.2, 0.25) is 5.91 Å². The van der Waals surface area contributed by atoms with Gasteiger partial charge in [-0.15, -0.1) is 0 Å². The van der Waals surface area contributed by atoms with Crippen molar-refractivity contribution in [3.63, 3.8) is 0 Å². The number of likely N-dealkylation sites (tertiary alicyclic amines) is 1. The number of carbonyl (C=O) groups is 1. The Hall–Kier alpha value is -2.01. The Morgan fingerprint density at radius 3 is 2.75 bits per heavy atom. The number of amides is 1. The maximum Gasteiger partial charge on any atom is 0.246 e. The standard InChI is InChI=1S/C15H20N2O3/c1-20-13-4-2-11(14(18)10-13)3-5-15(19)17-8-6-12(16)7-9-17/h2-5,10,12,18H,6-9,16H2,1H3. The predicted molar refractivity (Wildman–Crippen MR) is 77.5 cm³/mol. The number of nitrogens with two attached hydrogens (primary N) is 1. The van der Waals surface area contributed by atoms with Crippen molar-refractivity contribution in [3.05, 3.63) is 29.8 Å². The van der Waals surface area contributed by atoms with E-state index in [-0.39, 0.29) is 17.7 Å². The number of phenolic OH excluding ortho intramolecular Hbond substituents is 1. The number of aromatic hydroxyl groups is 1. The zero-order valence-corrected chi connectivity index (χ0v) is 11.6. The summed E-state index contributed by atoms with van der Waals surface area (Å²) in [6.07, 6.45) is 4.78. The molecule has 3 N–H and O–H groups in total. The second-order valence-corrected chi connectivity index (χ2v) is 4.92. The lowest BCUT2D eigenvalue weighted by Gasteiger charge is -2.29. The fourth-order valence-corrected chi connectivity index (χ4v) is 2.18. The third kappa shape index (κ3) is 3.51. The van der Waals surface area contributed by atoms with E-state index in [1.807, 2.05) is 0 Å². The van der Waals surface area contributed by atoms with E-state index in [4.69, 9.17) is 10.5 Å². The number of ether oxygens (including phenoxy) is 1. The van der Waals surface area contributed by atoms with Crippen molar-refractivity contribution in [3.8, 4) is 11.5 Å². The molecule has 0 aromatic heterocycles. The van der Waals surface area contributed by atoms with Gasteiger partial charge in [0.1, 0.15) is 11.5 Å². The molecular weight excluding hydrogens is 256 g/mol. The molecule has 1 amide bonds. The van der Waals surface area contributed by atoms with Crippen molar-refractivity contribution in [2.75, 3.05) is 20.2 Å². The number of piperidine rings is 1. The molecular formula is C15H20N2O3. The van der Waals surface area contributed by atoms with Crippen LogP contribution >= 0.6 is 0 Å². The molecule has 0 bridgehead atoms. The number of nitrogens with zero attached hydrogens (tertiary/aromatic N) is 1. The minimum atomic E-state index is -0.0490. The Kier molecular flexibility index (Phi) is 4.63. The van der Waals surface area contributed by atoms with Gasteiger partial charge in [0.05, 0.1) is 7.11 Å². The third-order valence-electron chi connectivity index (χ3n) is 3.49. The molecule has 1 aliphatic rings. The first-order valence-electron chi connectivity index (χ1n) is 6.69. The zero-order chi connectivity index (χ0) is 14.5. The molecule has 0 radical (unpaired) electrons. The largest absolute Gasteiger partial charge is 0.507 e. The molecule has 0 unspecified atom stereocenters. The van der Waals surface area contributed by atoms with E-state index < -0.39 is 0 Å².